The first-order valence-electron chi connectivity index (χ1n) is 7.09. The van der Waals surface area contributed by atoms with E-state index in [2.05, 4.69) is 13.2 Å². The minimum Gasteiger partial charge on any atom is -0.331 e. The molecule has 0 atom stereocenters. The van der Waals surface area contributed by atoms with E-state index < -0.39 is 0 Å². The lowest BCUT2D eigenvalue weighted by Crippen LogP contribution is -2.31. The summed E-state index contributed by atoms with van der Waals surface area (Å²) >= 11 is 0. The average molecular weight is 284 g/mol. The summed E-state index contributed by atoms with van der Waals surface area (Å²) < 4.78 is 0. The Bertz CT molecular complexity index is 538. The minimum absolute atomic E-state index is 0.0610. The molecule has 21 heavy (non-hydrogen) atoms. The number of amides is 2. The molecule has 0 spiro atoms. The van der Waals surface area contributed by atoms with Crippen LogP contribution in [0.2, 0.25) is 0 Å². The number of anilines is 1. The lowest BCUT2D eigenvalue weighted by Gasteiger charge is -2.20. The van der Waals surface area contributed by atoms with Crippen LogP contribution in [0, 0.1) is 0 Å². The van der Waals surface area contributed by atoms with E-state index in [1.807, 2.05) is 12.1 Å². The van der Waals surface area contributed by atoms with Crippen molar-refractivity contribution in [3.63, 3.8) is 0 Å². The van der Waals surface area contributed by atoms with E-state index in [1.54, 1.807) is 34.1 Å². The Kier molecular flexibility index (Phi) is 4.93. The van der Waals surface area contributed by atoms with Crippen LogP contribution in [0.4, 0.5) is 5.69 Å². The standard InChI is InChI=1S/C17H20N2O2/c1-3-11-18(12-4-2)17(21)14-7-9-15(10-8-14)19-13-5-6-16(19)20/h3-4,7-10H,1-2,5-6,11-13H2. The van der Waals surface area contributed by atoms with Crippen LogP contribution in [-0.4, -0.2) is 36.3 Å². The Morgan fingerprint density at radius 1 is 1.19 bits per heavy atom. The zero-order chi connectivity index (χ0) is 15.2. The van der Waals surface area contributed by atoms with E-state index in [9.17, 15) is 9.59 Å². The van der Waals surface area contributed by atoms with Crippen LogP contribution in [0.15, 0.2) is 49.6 Å². The molecular weight excluding hydrogens is 264 g/mol. The highest BCUT2D eigenvalue weighted by Gasteiger charge is 2.22. The maximum absolute atomic E-state index is 12.4. The van der Waals surface area contributed by atoms with Gasteiger partial charge in [0, 0.05) is 37.3 Å². The van der Waals surface area contributed by atoms with Crippen molar-refractivity contribution in [1.82, 2.24) is 4.90 Å². The molecule has 1 aliphatic rings. The Morgan fingerprint density at radius 2 is 1.81 bits per heavy atom. The molecule has 0 aliphatic carbocycles. The molecule has 0 unspecified atom stereocenters. The topological polar surface area (TPSA) is 40.6 Å². The van der Waals surface area contributed by atoms with Crippen molar-refractivity contribution in [1.29, 1.82) is 0 Å². The molecule has 1 fully saturated rings. The van der Waals surface area contributed by atoms with Crippen molar-refractivity contribution >= 4 is 17.5 Å². The Labute approximate surface area is 125 Å². The van der Waals surface area contributed by atoms with Gasteiger partial charge in [0.15, 0.2) is 0 Å². The van der Waals surface area contributed by atoms with E-state index in [-0.39, 0.29) is 11.8 Å². The summed E-state index contributed by atoms with van der Waals surface area (Å²) in [6, 6.07) is 7.19. The summed E-state index contributed by atoms with van der Waals surface area (Å²) in [4.78, 5) is 27.5. The van der Waals surface area contributed by atoms with Crippen LogP contribution < -0.4 is 4.90 Å². The maximum atomic E-state index is 12.4. The Balaban J connectivity index is 2.13. The molecule has 110 valence electrons. The fourth-order valence-corrected chi connectivity index (χ4v) is 2.44. The number of carbonyl (C=O) groups excluding carboxylic acids is 2. The monoisotopic (exact) mass is 284 g/mol. The van der Waals surface area contributed by atoms with Crippen LogP contribution in [-0.2, 0) is 4.79 Å². The summed E-state index contributed by atoms with van der Waals surface area (Å²) in [5, 5.41) is 0. The van der Waals surface area contributed by atoms with Crippen molar-refractivity contribution in [3.8, 4) is 0 Å². The summed E-state index contributed by atoms with van der Waals surface area (Å²) in [7, 11) is 0. The molecule has 1 saturated heterocycles. The molecule has 0 bridgehead atoms. The van der Waals surface area contributed by atoms with Gasteiger partial charge in [-0.1, -0.05) is 12.2 Å². The second-order valence-electron chi connectivity index (χ2n) is 4.98. The van der Waals surface area contributed by atoms with Crippen molar-refractivity contribution in [2.45, 2.75) is 12.8 Å². The first kappa shape index (κ1) is 15.0. The molecule has 2 rings (SSSR count). The summed E-state index contributed by atoms with van der Waals surface area (Å²) in [6.07, 6.45) is 4.89. The highest BCUT2D eigenvalue weighted by atomic mass is 16.2. The highest BCUT2D eigenvalue weighted by Crippen LogP contribution is 2.22. The summed E-state index contributed by atoms with van der Waals surface area (Å²) in [5.74, 6) is 0.0862. The number of carbonyl (C=O) groups is 2. The van der Waals surface area contributed by atoms with Crippen LogP contribution >= 0.6 is 0 Å². The average Bonchev–Trinajstić information content (AvgIpc) is 2.93. The number of nitrogens with zero attached hydrogens (tertiary/aromatic N) is 2. The minimum atomic E-state index is -0.0610. The fourth-order valence-electron chi connectivity index (χ4n) is 2.44. The van der Waals surface area contributed by atoms with Gasteiger partial charge in [-0.15, -0.1) is 13.2 Å². The van der Waals surface area contributed by atoms with E-state index in [0.717, 1.165) is 18.7 Å². The number of benzene rings is 1. The second-order valence-corrected chi connectivity index (χ2v) is 4.98. The second kappa shape index (κ2) is 6.88. The highest BCUT2D eigenvalue weighted by molar-refractivity contribution is 5.97. The van der Waals surface area contributed by atoms with E-state index in [0.29, 0.717) is 25.1 Å². The molecule has 1 aromatic rings. The third kappa shape index (κ3) is 3.40. The molecule has 4 heteroatoms. The molecular formula is C17H20N2O2. The smallest absolute Gasteiger partial charge is 0.254 e. The van der Waals surface area contributed by atoms with Gasteiger partial charge in [-0.3, -0.25) is 9.59 Å². The van der Waals surface area contributed by atoms with Crippen molar-refractivity contribution in [2.24, 2.45) is 0 Å². The van der Waals surface area contributed by atoms with Gasteiger partial charge in [0.05, 0.1) is 0 Å². The van der Waals surface area contributed by atoms with Gasteiger partial charge >= 0.3 is 0 Å². The third-order valence-electron chi connectivity index (χ3n) is 3.49. The van der Waals surface area contributed by atoms with Crippen molar-refractivity contribution in [2.75, 3.05) is 24.5 Å². The van der Waals surface area contributed by atoms with Crippen molar-refractivity contribution < 1.29 is 9.59 Å². The lowest BCUT2D eigenvalue weighted by atomic mass is 10.1. The zero-order valence-corrected chi connectivity index (χ0v) is 12.1. The SMILES string of the molecule is C=CCN(CC=C)C(=O)c1ccc(N2CCCC2=O)cc1. The molecule has 0 saturated carbocycles. The quantitative estimate of drug-likeness (QED) is 0.753. The van der Waals surface area contributed by atoms with Crippen LogP contribution in [0.5, 0.6) is 0 Å². The first-order chi connectivity index (χ1) is 10.2. The molecule has 0 radical (unpaired) electrons. The molecule has 0 aromatic heterocycles. The number of hydrogen-bond acceptors (Lipinski definition) is 2. The molecule has 0 N–H and O–H groups in total. The molecule has 1 aromatic carbocycles. The fraction of sp³-hybridized carbons (Fsp3) is 0.294. The van der Waals surface area contributed by atoms with E-state index >= 15 is 0 Å². The first-order valence-corrected chi connectivity index (χ1v) is 7.09. The maximum Gasteiger partial charge on any atom is 0.254 e. The molecule has 2 amide bonds. The lowest BCUT2D eigenvalue weighted by molar-refractivity contribution is -0.117. The van der Waals surface area contributed by atoms with Crippen LogP contribution in [0.1, 0.15) is 23.2 Å². The van der Waals surface area contributed by atoms with Gasteiger partial charge < -0.3 is 9.80 Å². The zero-order valence-electron chi connectivity index (χ0n) is 12.1. The number of rotatable bonds is 6. The Morgan fingerprint density at radius 3 is 2.29 bits per heavy atom. The third-order valence-corrected chi connectivity index (χ3v) is 3.49. The van der Waals surface area contributed by atoms with Gasteiger partial charge in [-0.25, -0.2) is 0 Å². The Hall–Kier alpha value is -2.36. The largest absolute Gasteiger partial charge is 0.331 e. The predicted molar refractivity (Wildman–Crippen MR) is 84.3 cm³/mol. The van der Waals surface area contributed by atoms with Gasteiger partial charge in [-0.2, -0.15) is 0 Å². The molecule has 1 aliphatic heterocycles. The van der Waals surface area contributed by atoms with E-state index in [1.165, 1.54) is 0 Å². The van der Waals surface area contributed by atoms with Gasteiger partial charge in [0.2, 0.25) is 5.91 Å². The van der Waals surface area contributed by atoms with Gasteiger partial charge in [0.25, 0.3) is 5.91 Å². The molecule has 1 heterocycles. The number of hydrogen-bond donors (Lipinski definition) is 0. The normalized spacial score (nSPS) is 14.1. The van der Waals surface area contributed by atoms with Crippen molar-refractivity contribution in [3.05, 3.63) is 55.1 Å². The van der Waals surface area contributed by atoms with Crippen LogP contribution in [0.3, 0.4) is 0 Å². The predicted octanol–water partition coefficient (Wildman–Crippen LogP) is 2.63. The van der Waals surface area contributed by atoms with Gasteiger partial charge in [0.1, 0.15) is 0 Å². The van der Waals surface area contributed by atoms with E-state index in [4.69, 9.17) is 0 Å². The summed E-state index contributed by atoms with van der Waals surface area (Å²) in [6.45, 7) is 9.04. The van der Waals surface area contributed by atoms with Gasteiger partial charge in [-0.05, 0) is 30.7 Å². The summed E-state index contributed by atoms with van der Waals surface area (Å²) in [5.41, 5.74) is 1.46. The molecule has 4 nitrogen and oxygen atoms in total. The van der Waals surface area contributed by atoms with Crippen LogP contribution in [0.25, 0.3) is 0 Å².